The molecule has 14 heavy (non-hydrogen) atoms. The number of hydrogen-bond acceptors (Lipinski definition) is 2. The Morgan fingerprint density at radius 2 is 1.86 bits per heavy atom. The summed E-state index contributed by atoms with van der Waals surface area (Å²) in [6.45, 7) is 8.27. The van der Waals surface area contributed by atoms with Crippen LogP contribution >= 0.6 is 0 Å². The molecule has 0 heterocycles. The van der Waals surface area contributed by atoms with Gasteiger partial charge in [-0.2, -0.15) is 0 Å². The molecule has 0 fully saturated rings. The van der Waals surface area contributed by atoms with Crippen molar-refractivity contribution in [1.29, 1.82) is 0 Å². The summed E-state index contributed by atoms with van der Waals surface area (Å²) in [5.74, 6) is 0.535. The fourth-order valence-electron chi connectivity index (χ4n) is 1.36. The Labute approximate surface area is 87.6 Å². The van der Waals surface area contributed by atoms with E-state index in [-0.39, 0.29) is 18.0 Å². The van der Waals surface area contributed by atoms with Crippen LogP contribution in [0.1, 0.15) is 40.5 Å². The van der Waals surface area contributed by atoms with Gasteiger partial charge in [-0.05, 0) is 25.7 Å². The van der Waals surface area contributed by atoms with Crippen molar-refractivity contribution in [3.8, 4) is 0 Å². The molecule has 3 heteroatoms. The summed E-state index contributed by atoms with van der Waals surface area (Å²) < 4.78 is 0. The van der Waals surface area contributed by atoms with Crippen LogP contribution < -0.4 is 5.73 Å². The van der Waals surface area contributed by atoms with Crippen LogP contribution in [0.3, 0.4) is 0 Å². The van der Waals surface area contributed by atoms with E-state index < -0.39 is 0 Å². The molecule has 0 radical (unpaired) electrons. The Bertz CT molecular complexity index is 180. The summed E-state index contributed by atoms with van der Waals surface area (Å²) in [7, 11) is 1.83. The molecule has 1 amide bonds. The lowest BCUT2D eigenvalue weighted by Gasteiger charge is -2.27. The molecule has 0 spiro atoms. The number of hydrogen-bond donors (Lipinski definition) is 1. The van der Waals surface area contributed by atoms with Crippen molar-refractivity contribution in [3.05, 3.63) is 0 Å². The molecular formula is C11H24N2O. The molecule has 84 valence electrons. The summed E-state index contributed by atoms with van der Waals surface area (Å²) >= 11 is 0. The zero-order valence-electron chi connectivity index (χ0n) is 10.1. The van der Waals surface area contributed by atoms with Gasteiger partial charge < -0.3 is 10.6 Å². The van der Waals surface area contributed by atoms with Gasteiger partial charge in [0.1, 0.15) is 0 Å². The van der Waals surface area contributed by atoms with Crippen molar-refractivity contribution in [2.24, 2.45) is 11.7 Å². The highest BCUT2D eigenvalue weighted by Gasteiger charge is 2.21. The predicted octanol–water partition coefficient (Wildman–Crippen LogP) is 1.62. The molecule has 0 rings (SSSR count). The SMILES string of the molecule is CCC(C)N(C)C(=O)C(N)CC(C)C. The van der Waals surface area contributed by atoms with E-state index in [0.29, 0.717) is 5.92 Å². The topological polar surface area (TPSA) is 46.3 Å². The van der Waals surface area contributed by atoms with Crippen LogP contribution in [0.15, 0.2) is 0 Å². The lowest BCUT2D eigenvalue weighted by Crippen LogP contribution is -2.45. The molecule has 0 aromatic carbocycles. The summed E-state index contributed by atoms with van der Waals surface area (Å²) in [5.41, 5.74) is 5.82. The molecular weight excluding hydrogens is 176 g/mol. The highest BCUT2D eigenvalue weighted by molar-refractivity contribution is 5.81. The molecule has 0 aliphatic carbocycles. The third-order valence-corrected chi connectivity index (χ3v) is 2.64. The number of nitrogens with two attached hydrogens (primary N) is 1. The molecule has 0 aromatic rings. The van der Waals surface area contributed by atoms with Gasteiger partial charge in [0.15, 0.2) is 0 Å². The van der Waals surface area contributed by atoms with E-state index in [4.69, 9.17) is 5.73 Å². The van der Waals surface area contributed by atoms with Gasteiger partial charge in [0, 0.05) is 13.1 Å². The lowest BCUT2D eigenvalue weighted by atomic mass is 10.0. The largest absolute Gasteiger partial charge is 0.342 e. The van der Waals surface area contributed by atoms with E-state index in [2.05, 4.69) is 20.8 Å². The standard InChI is InChI=1S/C11H24N2O/c1-6-9(4)13(5)11(14)10(12)7-8(2)3/h8-10H,6-7,12H2,1-5H3. The minimum Gasteiger partial charge on any atom is -0.342 e. The quantitative estimate of drug-likeness (QED) is 0.733. The Balaban J connectivity index is 4.17. The van der Waals surface area contributed by atoms with E-state index in [1.165, 1.54) is 0 Å². The van der Waals surface area contributed by atoms with E-state index in [1.807, 2.05) is 14.0 Å². The second-order valence-electron chi connectivity index (χ2n) is 4.44. The van der Waals surface area contributed by atoms with Gasteiger partial charge in [0.05, 0.1) is 6.04 Å². The second-order valence-corrected chi connectivity index (χ2v) is 4.44. The first-order valence-corrected chi connectivity index (χ1v) is 5.42. The zero-order valence-corrected chi connectivity index (χ0v) is 10.1. The van der Waals surface area contributed by atoms with Crippen molar-refractivity contribution in [3.63, 3.8) is 0 Å². The average molecular weight is 200 g/mol. The number of amides is 1. The third kappa shape index (κ3) is 4.09. The third-order valence-electron chi connectivity index (χ3n) is 2.64. The minimum atomic E-state index is -0.339. The van der Waals surface area contributed by atoms with Gasteiger partial charge in [-0.1, -0.05) is 20.8 Å². The molecule has 3 nitrogen and oxygen atoms in total. The summed E-state index contributed by atoms with van der Waals surface area (Å²) in [5, 5.41) is 0. The van der Waals surface area contributed by atoms with Gasteiger partial charge in [0.25, 0.3) is 0 Å². The minimum absolute atomic E-state index is 0.0630. The molecule has 0 saturated carbocycles. The number of likely N-dealkylation sites (N-methyl/N-ethyl adjacent to an activating group) is 1. The average Bonchev–Trinajstić information content (AvgIpc) is 2.13. The molecule has 0 aliphatic rings. The maximum absolute atomic E-state index is 11.8. The van der Waals surface area contributed by atoms with Crippen LogP contribution in [0.5, 0.6) is 0 Å². The Morgan fingerprint density at radius 3 is 2.21 bits per heavy atom. The molecule has 2 atom stereocenters. The van der Waals surface area contributed by atoms with Crippen molar-refractivity contribution in [2.75, 3.05) is 7.05 Å². The van der Waals surface area contributed by atoms with E-state index in [9.17, 15) is 4.79 Å². The summed E-state index contributed by atoms with van der Waals surface area (Å²) in [4.78, 5) is 13.5. The molecule has 0 aromatic heterocycles. The van der Waals surface area contributed by atoms with Gasteiger partial charge in [-0.3, -0.25) is 4.79 Å². The molecule has 0 bridgehead atoms. The summed E-state index contributed by atoms with van der Waals surface area (Å²) in [6.07, 6.45) is 1.73. The first-order chi connectivity index (χ1) is 6.40. The first-order valence-electron chi connectivity index (χ1n) is 5.42. The second kappa shape index (κ2) is 6.02. The molecule has 0 aliphatic heterocycles. The lowest BCUT2D eigenvalue weighted by molar-refractivity contribution is -0.133. The highest BCUT2D eigenvalue weighted by atomic mass is 16.2. The van der Waals surface area contributed by atoms with E-state index in [0.717, 1.165) is 12.8 Å². The molecule has 2 N–H and O–H groups in total. The fraction of sp³-hybridized carbons (Fsp3) is 0.909. The van der Waals surface area contributed by atoms with Crippen LogP contribution in [0, 0.1) is 5.92 Å². The Morgan fingerprint density at radius 1 is 1.36 bits per heavy atom. The highest BCUT2D eigenvalue weighted by Crippen LogP contribution is 2.08. The van der Waals surface area contributed by atoms with Crippen molar-refractivity contribution in [1.82, 2.24) is 4.90 Å². The van der Waals surface area contributed by atoms with Gasteiger partial charge in [0.2, 0.25) is 5.91 Å². The smallest absolute Gasteiger partial charge is 0.239 e. The molecule has 0 saturated heterocycles. The van der Waals surface area contributed by atoms with Crippen LogP contribution in [-0.4, -0.2) is 29.9 Å². The first kappa shape index (κ1) is 13.4. The maximum atomic E-state index is 11.8. The van der Waals surface area contributed by atoms with Crippen LogP contribution in [0.25, 0.3) is 0 Å². The van der Waals surface area contributed by atoms with Gasteiger partial charge >= 0.3 is 0 Å². The predicted molar refractivity (Wildman–Crippen MR) is 60.0 cm³/mol. The van der Waals surface area contributed by atoms with Crippen molar-refractivity contribution in [2.45, 2.75) is 52.6 Å². The Hall–Kier alpha value is -0.570. The zero-order chi connectivity index (χ0) is 11.3. The van der Waals surface area contributed by atoms with E-state index in [1.54, 1.807) is 4.90 Å². The Kier molecular flexibility index (Phi) is 5.77. The van der Waals surface area contributed by atoms with Crippen molar-refractivity contribution >= 4 is 5.91 Å². The number of carbonyl (C=O) groups excluding carboxylic acids is 1. The van der Waals surface area contributed by atoms with Crippen molar-refractivity contribution < 1.29 is 4.79 Å². The van der Waals surface area contributed by atoms with E-state index >= 15 is 0 Å². The van der Waals surface area contributed by atoms with Crippen LogP contribution in [0.2, 0.25) is 0 Å². The normalized spacial score (nSPS) is 15.4. The van der Waals surface area contributed by atoms with Crippen LogP contribution in [0.4, 0.5) is 0 Å². The van der Waals surface area contributed by atoms with Gasteiger partial charge in [-0.15, -0.1) is 0 Å². The fourth-order valence-corrected chi connectivity index (χ4v) is 1.36. The maximum Gasteiger partial charge on any atom is 0.239 e. The molecule has 2 unspecified atom stereocenters. The number of nitrogens with zero attached hydrogens (tertiary/aromatic N) is 1. The van der Waals surface area contributed by atoms with Crippen LogP contribution in [-0.2, 0) is 4.79 Å². The summed E-state index contributed by atoms with van der Waals surface area (Å²) in [6, 6.07) is -0.0605. The monoisotopic (exact) mass is 200 g/mol. The van der Waals surface area contributed by atoms with Gasteiger partial charge in [-0.25, -0.2) is 0 Å². The number of rotatable bonds is 5. The number of carbonyl (C=O) groups is 1.